The van der Waals surface area contributed by atoms with E-state index in [1.807, 2.05) is 42.5 Å². The number of hydrogen-bond acceptors (Lipinski definition) is 2. The fourth-order valence-electron chi connectivity index (χ4n) is 9.18. The highest BCUT2D eigenvalue weighted by molar-refractivity contribution is 5.94. The Morgan fingerprint density at radius 1 is 0.382 bits per heavy atom. The van der Waals surface area contributed by atoms with Crippen LogP contribution >= 0.6 is 0 Å². The molecule has 7 aromatic rings. The zero-order valence-electron chi connectivity index (χ0n) is 32.4. The van der Waals surface area contributed by atoms with Crippen LogP contribution in [0.3, 0.4) is 0 Å². The van der Waals surface area contributed by atoms with Crippen LogP contribution in [0.4, 0.5) is 42.9 Å². The summed E-state index contributed by atoms with van der Waals surface area (Å²) in [6.45, 7) is 15.9. The van der Waals surface area contributed by atoms with Gasteiger partial charge in [-0.1, -0.05) is 63.6 Å². The molecule has 0 radical (unpaired) electrons. The van der Waals surface area contributed by atoms with Gasteiger partial charge in [0.25, 0.3) is 0 Å². The minimum Gasteiger partial charge on any atom is -0.310 e. The second-order valence-corrected chi connectivity index (χ2v) is 16.4. The molecule has 0 heterocycles. The Labute approximate surface area is 323 Å². The van der Waals surface area contributed by atoms with Crippen molar-refractivity contribution in [2.45, 2.75) is 59.3 Å². The average molecular weight is 723 g/mol. The molecule has 9 rings (SSSR count). The van der Waals surface area contributed by atoms with Gasteiger partial charge in [-0.15, -0.1) is 0 Å². The van der Waals surface area contributed by atoms with E-state index in [2.05, 4.69) is 131 Å². The Kier molecular flexibility index (Phi) is 7.91. The summed E-state index contributed by atoms with van der Waals surface area (Å²) >= 11 is 0. The van der Waals surface area contributed by atoms with Gasteiger partial charge in [0.05, 0.1) is 0 Å². The summed E-state index contributed by atoms with van der Waals surface area (Å²) in [5, 5.41) is 0. The number of aryl methyl sites for hydroxylation is 3. The van der Waals surface area contributed by atoms with Crippen LogP contribution in [-0.4, -0.2) is 0 Å². The summed E-state index contributed by atoms with van der Waals surface area (Å²) < 4.78 is 28.3. The Morgan fingerprint density at radius 3 is 1.15 bits per heavy atom. The molecular formula is C51H44F2N2. The fourth-order valence-corrected chi connectivity index (χ4v) is 9.18. The van der Waals surface area contributed by atoms with E-state index in [1.54, 1.807) is 0 Å². The summed E-state index contributed by atoms with van der Waals surface area (Å²) in [5.74, 6) is -0.501. The summed E-state index contributed by atoms with van der Waals surface area (Å²) in [5.41, 5.74) is 19.5. The zero-order valence-corrected chi connectivity index (χ0v) is 32.4. The molecule has 0 fully saturated rings. The molecular weight excluding hydrogens is 679 g/mol. The van der Waals surface area contributed by atoms with Gasteiger partial charge in [-0.05, 0) is 186 Å². The topological polar surface area (TPSA) is 6.48 Å². The Bertz CT molecular complexity index is 2570. The second-order valence-electron chi connectivity index (χ2n) is 16.4. The van der Waals surface area contributed by atoms with Crippen LogP contribution in [-0.2, 0) is 10.8 Å². The minimum atomic E-state index is -0.268. The molecule has 2 aliphatic carbocycles. The van der Waals surface area contributed by atoms with Gasteiger partial charge < -0.3 is 9.80 Å². The van der Waals surface area contributed by atoms with Crippen molar-refractivity contribution in [1.82, 2.24) is 0 Å². The Balaban J connectivity index is 1.18. The van der Waals surface area contributed by atoms with E-state index in [0.29, 0.717) is 0 Å². The van der Waals surface area contributed by atoms with Crippen molar-refractivity contribution >= 4 is 34.1 Å². The lowest BCUT2D eigenvalue weighted by Crippen LogP contribution is -2.18. The van der Waals surface area contributed by atoms with Crippen LogP contribution in [0.25, 0.3) is 22.3 Å². The molecule has 2 aliphatic rings. The maximum Gasteiger partial charge on any atom is 0.123 e. The first-order valence-corrected chi connectivity index (χ1v) is 19.1. The number of anilines is 6. The number of halogens is 2. The number of benzene rings is 7. The quantitative estimate of drug-likeness (QED) is 0.169. The molecule has 7 aromatic carbocycles. The van der Waals surface area contributed by atoms with Gasteiger partial charge in [-0.2, -0.15) is 0 Å². The lowest BCUT2D eigenvalue weighted by molar-refractivity contribution is 0.627. The first-order valence-electron chi connectivity index (χ1n) is 19.1. The van der Waals surface area contributed by atoms with E-state index < -0.39 is 0 Å². The van der Waals surface area contributed by atoms with Crippen molar-refractivity contribution in [3.05, 3.63) is 190 Å². The van der Waals surface area contributed by atoms with Crippen LogP contribution < -0.4 is 9.80 Å². The lowest BCUT2D eigenvalue weighted by atomic mass is 9.79. The third-order valence-electron chi connectivity index (χ3n) is 12.0. The molecule has 0 aromatic heterocycles. The molecule has 272 valence electrons. The van der Waals surface area contributed by atoms with Gasteiger partial charge in [0.2, 0.25) is 0 Å². The number of hydrogen-bond donors (Lipinski definition) is 0. The molecule has 55 heavy (non-hydrogen) atoms. The SMILES string of the molecule is Cc1ccc(N(c2ccc(F)cc2)c2cc(C)c3c(c2)C(C)(C)c2cc4c(cc2-3)C(C)(C)c2cc(N(c3ccccc3)c3ccc(F)cc3)cc(C)c2-4)cc1. The highest BCUT2D eigenvalue weighted by Gasteiger charge is 2.43. The zero-order chi connectivity index (χ0) is 38.4. The highest BCUT2D eigenvalue weighted by Crippen LogP contribution is 2.59. The van der Waals surface area contributed by atoms with Crippen molar-refractivity contribution < 1.29 is 8.78 Å². The second kappa shape index (κ2) is 12.5. The molecule has 0 saturated heterocycles. The normalized spacial score (nSPS) is 14.2. The molecule has 0 saturated carbocycles. The minimum absolute atomic E-state index is 0.250. The molecule has 0 amide bonds. The third-order valence-corrected chi connectivity index (χ3v) is 12.0. The first-order chi connectivity index (χ1) is 26.3. The monoisotopic (exact) mass is 722 g/mol. The summed E-state index contributed by atoms with van der Waals surface area (Å²) in [6.07, 6.45) is 0. The molecule has 0 aliphatic heterocycles. The maximum absolute atomic E-state index is 14.2. The highest BCUT2D eigenvalue weighted by atomic mass is 19.1. The smallest absolute Gasteiger partial charge is 0.123 e. The first kappa shape index (κ1) is 34.7. The largest absolute Gasteiger partial charge is 0.310 e. The standard InChI is InChI=1S/C51H44F2N2/c1-31-13-19-37(20-14-31)55(39-23-17-35(53)18-24-39)41-26-33(3)49-43-30-44-42(29-45(43)51(6,7)47(49)28-41)48-32(2)25-40(27-46(48)50(44,4)5)54(36-11-9-8-10-12-36)38-21-15-34(52)16-22-38/h8-30H,1-7H3. The van der Waals surface area contributed by atoms with Gasteiger partial charge in [-0.25, -0.2) is 8.78 Å². The van der Waals surface area contributed by atoms with E-state index in [4.69, 9.17) is 0 Å². The van der Waals surface area contributed by atoms with Gasteiger partial charge in [0.1, 0.15) is 11.6 Å². The molecule has 4 heteroatoms. The van der Waals surface area contributed by atoms with Crippen molar-refractivity contribution in [1.29, 1.82) is 0 Å². The molecule has 0 N–H and O–H groups in total. The number of rotatable bonds is 6. The lowest BCUT2D eigenvalue weighted by Gasteiger charge is -2.29. The Morgan fingerprint density at radius 2 is 0.745 bits per heavy atom. The molecule has 0 spiro atoms. The van der Waals surface area contributed by atoms with Crippen LogP contribution in [0, 0.1) is 32.4 Å². The summed E-state index contributed by atoms with van der Waals surface area (Å²) in [4.78, 5) is 4.45. The predicted molar refractivity (Wildman–Crippen MR) is 225 cm³/mol. The van der Waals surface area contributed by atoms with Gasteiger partial charge >= 0.3 is 0 Å². The van der Waals surface area contributed by atoms with Crippen LogP contribution in [0.2, 0.25) is 0 Å². The Hall–Kier alpha value is -6.00. The average Bonchev–Trinajstić information content (AvgIpc) is 3.53. The van der Waals surface area contributed by atoms with Crippen molar-refractivity contribution in [3.8, 4) is 22.3 Å². The summed E-state index contributed by atoms with van der Waals surface area (Å²) in [7, 11) is 0. The van der Waals surface area contributed by atoms with Gasteiger partial charge in [-0.3, -0.25) is 0 Å². The molecule has 0 atom stereocenters. The number of fused-ring (bicyclic) bond motifs is 6. The molecule has 2 nitrogen and oxygen atoms in total. The van der Waals surface area contributed by atoms with Crippen molar-refractivity contribution in [2.24, 2.45) is 0 Å². The molecule has 0 bridgehead atoms. The predicted octanol–water partition coefficient (Wildman–Crippen LogP) is 14.4. The molecule has 0 unspecified atom stereocenters. The van der Waals surface area contributed by atoms with E-state index in [9.17, 15) is 8.78 Å². The number of para-hydroxylation sites is 1. The fraction of sp³-hybridized carbons (Fsp3) is 0.176. The maximum atomic E-state index is 14.2. The summed E-state index contributed by atoms with van der Waals surface area (Å²) in [6, 6.07) is 46.5. The van der Waals surface area contributed by atoms with Gasteiger partial charge in [0, 0.05) is 45.0 Å². The van der Waals surface area contributed by atoms with E-state index in [0.717, 1.165) is 34.1 Å². The van der Waals surface area contributed by atoms with Crippen LogP contribution in [0.15, 0.2) is 140 Å². The van der Waals surface area contributed by atoms with Gasteiger partial charge in [0.15, 0.2) is 0 Å². The van der Waals surface area contributed by atoms with Crippen molar-refractivity contribution in [3.63, 3.8) is 0 Å². The van der Waals surface area contributed by atoms with Crippen LogP contribution in [0.5, 0.6) is 0 Å². The van der Waals surface area contributed by atoms with E-state index in [-0.39, 0.29) is 22.5 Å². The van der Waals surface area contributed by atoms with Crippen molar-refractivity contribution in [2.75, 3.05) is 9.80 Å². The third kappa shape index (κ3) is 5.49. The van der Waals surface area contributed by atoms with E-state index >= 15 is 0 Å². The number of nitrogens with zero attached hydrogens (tertiary/aromatic N) is 2. The van der Waals surface area contributed by atoms with E-state index in [1.165, 1.54) is 85.5 Å². The van der Waals surface area contributed by atoms with Crippen LogP contribution in [0.1, 0.15) is 66.6 Å².